The van der Waals surface area contributed by atoms with Crippen LogP contribution in [0.15, 0.2) is 40.3 Å². The number of ether oxygens (including phenoxy) is 2. The van der Waals surface area contributed by atoms with Crippen molar-refractivity contribution in [1.29, 1.82) is 0 Å². The van der Waals surface area contributed by atoms with Gasteiger partial charge < -0.3 is 15.2 Å². The summed E-state index contributed by atoms with van der Waals surface area (Å²) in [5, 5.41) is 0. The Morgan fingerprint density at radius 2 is 2.08 bits per heavy atom. The van der Waals surface area contributed by atoms with Crippen molar-refractivity contribution in [2.45, 2.75) is 80.2 Å². The van der Waals surface area contributed by atoms with E-state index >= 15 is 0 Å². The molecule has 0 amide bonds. The minimum Gasteiger partial charge on any atom is -0.489 e. The highest BCUT2D eigenvalue weighted by molar-refractivity contribution is 5.82. The molecular weight excluding hydrogens is 324 g/mol. The number of fused-ring (bicyclic) bond motifs is 1. The molecule has 0 bridgehead atoms. The lowest BCUT2D eigenvalue weighted by atomic mass is 10.1. The lowest BCUT2D eigenvalue weighted by Crippen LogP contribution is -2.11. The predicted molar refractivity (Wildman–Crippen MR) is 113 cm³/mol. The van der Waals surface area contributed by atoms with Gasteiger partial charge in [0, 0.05) is 18.5 Å². The quantitative estimate of drug-likeness (QED) is 0.585. The zero-order chi connectivity index (χ0) is 19.9. The molecule has 4 heteroatoms. The minimum atomic E-state index is 0.155. The molecule has 0 spiro atoms. The summed E-state index contributed by atoms with van der Waals surface area (Å²) in [4.78, 5) is 4.76. The van der Waals surface area contributed by atoms with Gasteiger partial charge in [-0.25, -0.2) is 4.99 Å². The molecule has 2 atom stereocenters. The van der Waals surface area contributed by atoms with Gasteiger partial charge in [0.1, 0.15) is 24.2 Å². The van der Waals surface area contributed by atoms with Crippen LogP contribution in [0.4, 0.5) is 0 Å². The smallest absolute Gasteiger partial charge is 0.193 e. The van der Waals surface area contributed by atoms with Gasteiger partial charge in [0.25, 0.3) is 0 Å². The van der Waals surface area contributed by atoms with E-state index in [1.54, 1.807) is 0 Å². The second-order valence-corrected chi connectivity index (χ2v) is 5.95. The molecular formula is C22H40N2O2. The molecule has 150 valence electrons. The Labute approximate surface area is 161 Å². The molecule has 2 N–H and O–H groups in total. The fourth-order valence-corrected chi connectivity index (χ4v) is 2.67. The van der Waals surface area contributed by atoms with Crippen LogP contribution >= 0.6 is 0 Å². The van der Waals surface area contributed by atoms with Crippen molar-refractivity contribution in [3.8, 4) is 0 Å². The first kappa shape index (κ1) is 24.5. The van der Waals surface area contributed by atoms with E-state index < -0.39 is 0 Å². The summed E-state index contributed by atoms with van der Waals surface area (Å²) in [6.45, 7) is 15.4. The lowest BCUT2D eigenvalue weighted by Gasteiger charge is -2.11. The van der Waals surface area contributed by atoms with Gasteiger partial charge in [-0.1, -0.05) is 54.0 Å². The summed E-state index contributed by atoms with van der Waals surface area (Å²) in [6, 6.07) is 0.155. The summed E-state index contributed by atoms with van der Waals surface area (Å²) in [5.41, 5.74) is 6.77. The van der Waals surface area contributed by atoms with Crippen LogP contribution in [0.2, 0.25) is 0 Å². The second kappa shape index (κ2) is 14.6. The van der Waals surface area contributed by atoms with Crippen LogP contribution < -0.4 is 5.73 Å². The number of allylic oxidation sites excluding steroid dienone is 3. The third-order valence-electron chi connectivity index (χ3n) is 4.14. The first-order valence-corrected chi connectivity index (χ1v) is 10.3. The molecule has 0 saturated carbocycles. The molecule has 1 heterocycles. The van der Waals surface area contributed by atoms with Gasteiger partial charge in [0.2, 0.25) is 0 Å². The van der Waals surface area contributed by atoms with Crippen molar-refractivity contribution in [2.24, 2.45) is 16.6 Å². The molecule has 0 fully saturated rings. The van der Waals surface area contributed by atoms with Crippen molar-refractivity contribution in [2.75, 3.05) is 13.2 Å². The topological polar surface area (TPSA) is 56.8 Å². The van der Waals surface area contributed by atoms with Crippen molar-refractivity contribution >= 4 is 5.90 Å². The van der Waals surface area contributed by atoms with E-state index in [2.05, 4.69) is 19.9 Å². The zero-order valence-corrected chi connectivity index (χ0v) is 18.0. The number of hydrogen-bond donors (Lipinski definition) is 1. The van der Waals surface area contributed by atoms with Crippen LogP contribution in [0, 0.1) is 5.92 Å². The molecule has 2 aliphatic rings. The Morgan fingerprint density at radius 3 is 2.65 bits per heavy atom. The highest BCUT2D eigenvalue weighted by atomic mass is 16.5. The van der Waals surface area contributed by atoms with E-state index in [0.717, 1.165) is 48.7 Å². The normalized spacial score (nSPS) is 19.8. The van der Waals surface area contributed by atoms with E-state index in [-0.39, 0.29) is 6.04 Å². The summed E-state index contributed by atoms with van der Waals surface area (Å²) in [5.74, 6) is 3.06. The van der Waals surface area contributed by atoms with Gasteiger partial charge >= 0.3 is 0 Å². The van der Waals surface area contributed by atoms with Crippen molar-refractivity contribution in [3.05, 3.63) is 35.3 Å². The average Bonchev–Trinajstić information content (AvgIpc) is 2.99. The van der Waals surface area contributed by atoms with E-state index in [1.807, 2.05) is 46.8 Å². The van der Waals surface area contributed by atoms with Crippen LogP contribution in [-0.2, 0) is 9.47 Å². The summed E-state index contributed by atoms with van der Waals surface area (Å²) in [6.07, 6.45) is 10.3. The Kier molecular flexibility index (Phi) is 13.7. The second-order valence-electron chi connectivity index (χ2n) is 5.95. The zero-order valence-electron chi connectivity index (χ0n) is 18.0. The number of hydrogen-bond acceptors (Lipinski definition) is 4. The number of nitrogens with two attached hydrogens (primary N) is 1. The van der Waals surface area contributed by atoms with Crippen molar-refractivity contribution in [3.63, 3.8) is 0 Å². The SMILES string of the molecule is C/C=C(\CN)COC1=CCCC2N=C(C(C)CCC)OC2=C1.CC.CC. The Balaban J connectivity index is 0.00000146. The third kappa shape index (κ3) is 7.77. The van der Waals surface area contributed by atoms with Gasteiger partial charge in [0.05, 0.1) is 0 Å². The highest BCUT2D eigenvalue weighted by Crippen LogP contribution is 2.30. The van der Waals surface area contributed by atoms with E-state index in [4.69, 9.17) is 20.2 Å². The van der Waals surface area contributed by atoms with Gasteiger partial charge in [-0.2, -0.15) is 0 Å². The summed E-state index contributed by atoms with van der Waals surface area (Å²) in [7, 11) is 0. The monoisotopic (exact) mass is 364 g/mol. The van der Waals surface area contributed by atoms with Gasteiger partial charge in [-0.05, 0) is 37.8 Å². The summed E-state index contributed by atoms with van der Waals surface area (Å²) < 4.78 is 11.9. The molecule has 0 aromatic heterocycles. The molecule has 2 rings (SSSR count). The van der Waals surface area contributed by atoms with Crippen LogP contribution in [0.3, 0.4) is 0 Å². The Bertz CT molecular complexity index is 504. The van der Waals surface area contributed by atoms with Crippen LogP contribution in [0.25, 0.3) is 0 Å². The predicted octanol–water partition coefficient (Wildman–Crippen LogP) is 5.76. The first-order valence-electron chi connectivity index (χ1n) is 10.3. The molecule has 0 aromatic carbocycles. The van der Waals surface area contributed by atoms with Gasteiger partial charge in [0.15, 0.2) is 5.90 Å². The number of nitrogens with zero attached hydrogens (tertiary/aromatic N) is 1. The van der Waals surface area contributed by atoms with Gasteiger partial charge in [-0.15, -0.1) is 0 Å². The van der Waals surface area contributed by atoms with Crippen molar-refractivity contribution < 1.29 is 9.47 Å². The van der Waals surface area contributed by atoms with E-state index in [0.29, 0.717) is 19.1 Å². The van der Waals surface area contributed by atoms with E-state index in [1.165, 1.54) is 0 Å². The largest absolute Gasteiger partial charge is 0.489 e. The fraction of sp³-hybridized carbons (Fsp3) is 0.682. The third-order valence-corrected chi connectivity index (χ3v) is 4.14. The molecule has 1 aliphatic heterocycles. The minimum absolute atomic E-state index is 0.155. The maximum Gasteiger partial charge on any atom is 0.193 e. The average molecular weight is 365 g/mol. The molecule has 0 saturated heterocycles. The van der Waals surface area contributed by atoms with Crippen LogP contribution in [0.1, 0.15) is 74.1 Å². The number of aliphatic imine (C=N–C) groups is 1. The molecule has 0 radical (unpaired) electrons. The molecule has 2 unspecified atom stereocenters. The van der Waals surface area contributed by atoms with Crippen LogP contribution in [-0.4, -0.2) is 25.1 Å². The van der Waals surface area contributed by atoms with Gasteiger partial charge in [-0.3, -0.25) is 0 Å². The van der Waals surface area contributed by atoms with E-state index in [9.17, 15) is 0 Å². The molecule has 26 heavy (non-hydrogen) atoms. The molecule has 0 aromatic rings. The Hall–Kier alpha value is -1.55. The summed E-state index contributed by atoms with van der Waals surface area (Å²) >= 11 is 0. The highest BCUT2D eigenvalue weighted by Gasteiger charge is 2.29. The maximum atomic E-state index is 6.00. The van der Waals surface area contributed by atoms with Crippen LogP contribution in [0.5, 0.6) is 0 Å². The Morgan fingerprint density at radius 1 is 1.38 bits per heavy atom. The maximum absolute atomic E-state index is 6.00. The van der Waals surface area contributed by atoms with Crippen molar-refractivity contribution in [1.82, 2.24) is 0 Å². The lowest BCUT2D eigenvalue weighted by molar-refractivity contribution is 0.248. The number of rotatable bonds is 7. The fourth-order valence-electron chi connectivity index (χ4n) is 2.67. The molecule has 1 aliphatic carbocycles. The molecule has 4 nitrogen and oxygen atoms in total. The standard InChI is InChI=1S/C18H28N2O2.2C2H6/c1-4-7-13(3)18-20-16-9-6-8-15(10-17(16)22-18)21-12-14(5-2)11-19;2*1-2/h5,8,10,13,16H,4,6-7,9,11-12,19H2,1-3H3;2*1-2H3/b14-5+;;. The first-order chi connectivity index (χ1) is 12.7.